The normalized spacial score (nSPS) is 12.6. The third-order valence-electron chi connectivity index (χ3n) is 2.26. The van der Waals surface area contributed by atoms with Crippen LogP contribution in [0.1, 0.15) is 11.6 Å². The predicted octanol–water partition coefficient (Wildman–Crippen LogP) is 2.22. The van der Waals surface area contributed by atoms with Crippen molar-refractivity contribution in [3.05, 3.63) is 27.7 Å². The van der Waals surface area contributed by atoms with Crippen LogP contribution in [0.5, 0.6) is 5.75 Å². The molecule has 15 heavy (non-hydrogen) atoms. The Morgan fingerprint density at radius 1 is 1.40 bits per heavy atom. The monoisotopic (exact) mass is 248 g/mol. The van der Waals surface area contributed by atoms with Crippen molar-refractivity contribution in [2.75, 3.05) is 20.7 Å². The highest BCUT2D eigenvalue weighted by Gasteiger charge is 2.16. The van der Waals surface area contributed by atoms with E-state index < -0.39 is 0 Å². The fourth-order valence-electron chi connectivity index (χ4n) is 1.37. The van der Waals surface area contributed by atoms with E-state index in [0.717, 1.165) is 5.56 Å². The Hall–Kier alpha value is -0.480. The number of likely N-dealkylation sites (N-methyl/N-ethyl adjacent to an activating group) is 1. The lowest BCUT2D eigenvalue weighted by Gasteiger charge is -2.17. The average Bonchev–Trinajstić information content (AvgIpc) is 2.26. The van der Waals surface area contributed by atoms with Gasteiger partial charge in [-0.2, -0.15) is 0 Å². The number of nitrogens with two attached hydrogens (primary N) is 1. The van der Waals surface area contributed by atoms with Crippen molar-refractivity contribution in [2.45, 2.75) is 6.04 Å². The largest absolute Gasteiger partial charge is 0.495 e. The van der Waals surface area contributed by atoms with E-state index in [4.69, 9.17) is 33.7 Å². The second-order valence-corrected chi connectivity index (χ2v) is 3.82. The molecule has 0 spiro atoms. The van der Waals surface area contributed by atoms with Crippen LogP contribution < -0.4 is 15.8 Å². The van der Waals surface area contributed by atoms with Gasteiger partial charge in [-0.15, -0.1) is 0 Å². The van der Waals surface area contributed by atoms with E-state index in [1.807, 2.05) is 13.1 Å². The Labute approximate surface area is 99.5 Å². The number of nitrogens with one attached hydrogen (secondary N) is 1. The molecule has 3 nitrogen and oxygen atoms in total. The highest BCUT2D eigenvalue weighted by molar-refractivity contribution is 6.43. The maximum Gasteiger partial charge on any atom is 0.139 e. The molecular weight excluding hydrogens is 235 g/mol. The molecule has 1 aromatic carbocycles. The van der Waals surface area contributed by atoms with Gasteiger partial charge in [0.15, 0.2) is 0 Å². The number of benzene rings is 1. The van der Waals surface area contributed by atoms with E-state index in [1.165, 1.54) is 0 Å². The van der Waals surface area contributed by atoms with Crippen LogP contribution in [0.2, 0.25) is 10.0 Å². The highest BCUT2D eigenvalue weighted by Crippen LogP contribution is 2.36. The number of hydrogen-bond donors (Lipinski definition) is 2. The van der Waals surface area contributed by atoms with Gasteiger partial charge in [0.2, 0.25) is 0 Å². The zero-order valence-corrected chi connectivity index (χ0v) is 10.2. The van der Waals surface area contributed by atoms with Crippen LogP contribution in [0, 0.1) is 0 Å². The van der Waals surface area contributed by atoms with Gasteiger partial charge < -0.3 is 15.8 Å². The first-order chi connectivity index (χ1) is 7.15. The Kier molecular flexibility index (Phi) is 4.67. The summed E-state index contributed by atoms with van der Waals surface area (Å²) in [4.78, 5) is 0. The van der Waals surface area contributed by atoms with Gasteiger partial charge in [-0.3, -0.25) is 0 Å². The molecule has 0 bridgehead atoms. The standard InChI is InChI=1S/C10H14Cl2N2O/c1-14-7(5-13)6-3-4-8(15-2)10(12)9(6)11/h3-4,7,14H,5,13H2,1-2H3. The second kappa shape index (κ2) is 5.56. The molecule has 84 valence electrons. The van der Waals surface area contributed by atoms with Gasteiger partial charge in [-0.1, -0.05) is 29.3 Å². The summed E-state index contributed by atoms with van der Waals surface area (Å²) in [5.74, 6) is 0.567. The van der Waals surface area contributed by atoms with Gasteiger partial charge in [0, 0.05) is 12.6 Å². The van der Waals surface area contributed by atoms with E-state index in [-0.39, 0.29) is 6.04 Å². The summed E-state index contributed by atoms with van der Waals surface area (Å²) < 4.78 is 5.06. The Morgan fingerprint density at radius 3 is 2.53 bits per heavy atom. The molecule has 1 unspecified atom stereocenters. The van der Waals surface area contributed by atoms with Crippen LogP contribution in [-0.4, -0.2) is 20.7 Å². The van der Waals surface area contributed by atoms with Crippen molar-refractivity contribution in [1.82, 2.24) is 5.32 Å². The summed E-state index contributed by atoms with van der Waals surface area (Å²) in [6, 6.07) is 3.64. The Balaban J connectivity index is 3.16. The van der Waals surface area contributed by atoms with Crippen molar-refractivity contribution in [3.63, 3.8) is 0 Å². The van der Waals surface area contributed by atoms with Crippen molar-refractivity contribution >= 4 is 23.2 Å². The first-order valence-corrected chi connectivity index (χ1v) is 5.30. The number of hydrogen-bond acceptors (Lipinski definition) is 3. The third-order valence-corrected chi connectivity index (χ3v) is 3.14. The molecule has 0 aliphatic rings. The first kappa shape index (κ1) is 12.6. The SMILES string of the molecule is CNC(CN)c1ccc(OC)c(Cl)c1Cl. The zero-order chi connectivity index (χ0) is 11.4. The van der Waals surface area contributed by atoms with E-state index in [1.54, 1.807) is 13.2 Å². The molecule has 0 radical (unpaired) electrons. The average molecular weight is 249 g/mol. The van der Waals surface area contributed by atoms with E-state index in [0.29, 0.717) is 22.3 Å². The quantitative estimate of drug-likeness (QED) is 0.860. The predicted molar refractivity (Wildman–Crippen MR) is 63.9 cm³/mol. The molecule has 1 aromatic rings. The lowest BCUT2D eigenvalue weighted by Crippen LogP contribution is -2.25. The topological polar surface area (TPSA) is 47.3 Å². The minimum atomic E-state index is 0.000839. The first-order valence-electron chi connectivity index (χ1n) is 4.54. The summed E-state index contributed by atoms with van der Waals surface area (Å²) in [6.45, 7) is 0.457. The molecule has 0 heterocycles. The fraction of sp³-hybridized carbons (Fsp3) is 0.400. The summed E-state index contributed by atoms with van der Waals surface area (Å²) >= 11 is 12.2. The summed E-state index contributed by atoms with van der Waals surface area (Å²) in [7, 11) is 3.38. The van der Waals surface area contributed by atoms with Gasteiger partial charge in [0.1, 0.15) is 10.8 Å². The van der Waals surface area contributed by atoms with Gasteiger partial charge in [-0.25, -0.2) is 0 Å². The van der Waals surface area contributed by atoms with Crippen LogP contribution in [0.4, 0.5) is 0 Å². The zero-order valence-electron chi connectivity index (χ0n) is 8.68. The van der Waals surface area contributed by atoms with Crippen LogP contribution in [0.15, 0.2) is 12.1 Å². The summed E-state index contributed by atoms with van der Waals surface area (Å²) in [5, 5.41) is 3.97. The number of rotatable bonds is 4. The smallest absolute Gasteiger partial charge is 0.139 e. The van der Waals surface area contributed by atoms with Crippen LogP contribution >= 0.6 is 23.2 Å². The molecule has 0 aliphatic carbocycles. The van der Waals surface area contributed by atoms with Crippen LogP contribution in [-0.2, 0) is 0 Å². The van der Waals surface area contributed by atoms with Gasteiger partial charge in [-0.05, 0) is 18.7 Å². The van der Waals surface area contributed by atoms with Crippen molar-refractivity contribution in [1.29, 1.82) is 0 Å². The minimum Gasteiger partial charge on any atom is -0.495 e. The van der Waals surface area contributed by atoms with Crippen LogP contribution in [0.25, 0.3) is 0 Å². The minimum absolute atomic E-state index is 0.000839. The fourth-order valence-corrected chi connectivity index (χ4v) is 1.91. The third kappa shape index (κ3) is 2.55. The molecule has 5 heteroatoms. The molecule has 0 aromatic heterocycles. The molecule has 1 rings (SSSR count). The maximum absolute atomic E-state index is 6.12. The van der Waals surface area contributed by atoms with Crippen LogP contribution in [0.3, 0.4) is 0 Å². The molecule has 1 atom stereocenters. The molecule has 0 fully saturated rings. The summed E-state index contributed by atoms with van der Waals surface area (Å²) in [6.07, 6.45) is 0. The van der Waals surface area contributed by atoms with Gasteiger partial charge in [0.05, 0.1) is 12.1 Å². The highest BCUT2D eigenvalue weighted by atomic mass is 35.5. The molecular formula is C10H14Cl2N2O. The second-order valence-electron chi connectivity index (χ2n) is 3.06. The number of methoxy groups -OCH3 is 1. The van der Waals surface area contributed by atoms with E-state index >= 15 is 0 Å². The molecule has 0 amide bonds. The van der Waals surface area contributed by atoms with E-state index in [2.05, 4.69) is 5.32 Å². The van der Waals surface area contributed by atoms with E-state index in [9.17, 15) is 0 Å². The van der Waals surface area contributed by atoms with Gasteiger partial charge in [0.25, 0.3) is 0 Å². The Morgan fingerprint density at radius 2 is 2.07 bits per heavy atom. The lowest BCUT2D eigenvalue weighted by molar-refractivity contribution is 0.414. The van der Waals surface area contributed by atoms with Crippen molar-refractivity contribution < 1.29 is 4.74 Å². The van der Waals surface area contributed by atoms with Crippen molar-refractivity contribution in [3.8, 4) is 5.75 Å². The Bertz CT molecular complexity index is 340. The maximum atomic E-state index is 6.12. The van der Waals surface area contributed by atoms with Gasteiger partial charge >= 0.3 is 0 Å². The molecule has 0 saturated heterocycles. The molecule has 3 N–H and O–H groups in total. The molecule has 0 saturated carbocycles. The molecule has 0 aliphatic heterocycles. The van der Waals surface area contributed by atoms with Crippen molar-refractivity contribution in [2.24, 2.45) is 5.73 Å². The lowest BCUT2D eigenvalue weighted by atomic mass is 10.1. The number of ether oxygens (including phenoxy) is 1. The summed E-state index contributed by atoms with van der Waals surface area (Å²) in [5.41, 5.74) is 6.49. The number of halogens is 2.